The number of aliphatic carboxylic acids is 1. The van der Waals surface area contributed by atoms with Crippen LogP contribution in [0.25, 0.3) is 0 Å². The van der Waals surface area contributed by atoms with Crippen molar-refractivity contribution in [3.63, 3.8) is 0 Å². The van der Waals surface area contributed by atoms with Crippen LogP contribution in [0.1, 0.15) is 5.69 Å². The Morgan fingerprint density at radius 1 is 1.41 bits per heavy atom. The number of H-pyrrole nitrogens is 1. The van der Waals surface area contributed by atoms with Gasteiger partial charge in [0.05, 0.1) is 6.54 Å². The summed E-state index contributed by atoms with van der Waals surface area (Å²) in [5.41, 5.74) is 3.62. The Bertz CT molecular complexity index is 1560. The molecule has 1 fully saturated rings. The molecule has 4 rings (SSSR count). The maximum atomic E-state index is 12.9. The van der Waals surface area contributed by atoms with Crippen LogP contribution in [0, 0.1) is 0 Å². The molecule has 2 aliphatic rings. The van der Waals surface area contributed by atoms with E-state index in [1.165, 1.54) is 35.7 Å². The summed E-state index contributed by atoms with van der Waals surface area (Å²) in [6, 6.07) is -1.03. The maximum absolute atomic E-state index is 12.9. The molecule has 39 heavy (non-hydrogen) atoms. The number of nitrogens with two attached hydrogens (primary N) is 1. The molecule has 2 amide bonds. The number of β-lactam (4-membered cyclic amide) rings is 1. The fraction of sp³-hybridized carbons (Fsp3) is 0.250. The molecule has 1 saturated heterocycles. The Labute approximate surface area is 230 Å². The van der Waals surface area contributed by atoms with Crippen molar-refractivity contribution in [3.8, 4) is 0 Å². The van der Waals surface area contributed by atoms with Crippen LogP contribution < -0.4 is 22.2 Å². The average Bonchev–Trinajstić information content (AvgIpc) is 3.34. The number of hydrogen-bond donors (Lipinski definition) is 4. The highest BCUT2D eigenvalue weighted by molar-refractivity contribution is 8.02. The Hall–Kier alpha value is -4.23. The second-order valence-electron chi connectivity index (χ2n) is 7.57. The van der Waals surface area contributed by atoms with E-state index in [2.05, 4.69) is 20.6 Å². The lowest BCUT2D eigenvalue weighted by Gasteiger charge is -2.49. The molecule has 16 nitrogen and oxygen atoms in total. The molecule has 0 bridgehead atoms. The van der Waals surface area contributed by atoms with Gasteiger partial charge in [-0.2, -0.15) is 0 Å². The second-order valence-corrected chi connectivity index (χ2v) is 10.4. The van der Waals surface area contributed by atoms with Crippen molar-refractivity contribution in [2.45, 2.75) is 23.1 Å². The number of carboxylic acid groups (broad SMARTS) is 1. The van der Waals surface area contributed by atoms with Gasteiger partial charge in [0.1, 0.15) is 36.2 Å². The first kappa shape index (κ1) is 27.8. The molecule has 0 saturated carbocycles. The van der Waals surface area contributed by atoms with Crippen LogP contribution in [0.3, 0.4) is 0 Å². The molecule has 2 unspecified atom stereocenters. The molecular formula is C20H18N8O8S3. The van der Waals surface area contributed by atoms with E-state index >= 15 is 0 Å². The van der Waals surface area contributed by atoms with E-state index in [0.29, 0.717) is 6.29 Å². The summed E-state index contributed by atoms with van der Waals surface area (Å²) in [4.78, 5) is 82.0. The number of thioether (sulfide) groups is 2. The number of thiazole rings is 1. The van der Waals surface area contributed by atoms with Gasteiger partial charge in [-0.25, -0.2) is 14.9 Å². The topological polar surface area (TPSA) is 232 Å². The van der Waals surface area contributed by atoms with Crippen molar-refractivity contribution < 1.29 is 29.1 Å². The molecule has 2 aliphatic heterocycles. The van der Waals surface area contributed by atoms with E-state index in [1.54, 1.807) is 0 Å². The predicted octanol–water partition coefficient (Wildman–Crippen LogP) is -1.44. The van der Waals surface area contributed by atoms with E-state index in [-0.39, 0.29) is 38.7 Å². The van der Waals surface area contributed by atoms with Crippen LogP contribution in [0.5, 0.6) is 0 Å². The molecule has 5 N–H and O–H groups in total. The molecule has 19 heteroatoms. The molecule has 0 radical (unpaired) electrons. The molecule has 4 heterocycles. The van der Waals surface area contributed by atoms with Gasteiger partial charge in [0, 0.05) is 11.1 Å². The number of carbonyl (C=O) groups excluding carboxylic acids is 3. The Kier molecular flexibility index (Phi) is 8.31. The molecule has 2 atom stereocenters. The number of carbonyl (C=O) groups is 4. The van der Waals surface area contributed by atoms with Gasteiger partial charge in [0.2, 0.25) is 0 Å². The van der Waals surface area contributed by atoms with E-state index in [1.807, 2.05) is 5.10 Å². The van der Waals surface area contributed by atoms with Gasteiger partial charge in [-0.1, -0.05) is 16.9 Å². The first-order chi connectivity index (χ1) is 18.7. The molecule has 2 aromatic rings. The third-order valence-electron chi connectivity index (χ3n) is 5.27. The number of aldehydes is 1. The zero-order valence-corrected chi connectivity index (χ0v) is 22.2. The average molecular weight is 595 g/mol. The van der Waals surface area contributed by atoms with Crippen molar-refractivity contribution in [2.75, 3.05) is 18.6 Å². The van der Waals surface area contributed by atoms with Gasteiger partial charge < -0.3 is 25.8 Å². The lowest BCUT2D eigenvalue weighted by Crippen LogP contribution is -2.71. The van der Waals surface area contributed by atoms with Gasteiger partial charge in [-0.15, -0.1) is 28.2 Å². The number of aromatic amines is 1. The van der Waals surface area contributed by atoms with Crippen LogP contribution in [0.15, 0.2) is 48.0 Å². The van der Waals surface area contributed by atoms with Crippen molar-refractivity contribution in [3.05, 3.63) is 54.5 Å². The summed E-state index contributed by atoms with van der Waals surface area (Å²) < 4.78 is 0.867. The molecule has 0 spiro atoms. The molecule has 0 aromatic carbocycles. The van der Waals surface area contributed by atoms with Gasteiger partial charge >= 0.3 is 17.1 Å². The number of amides is 2. The van der Waals surface area contributed by atoms with Crippen LogP contribution in [0.2, 0.25) is 0 Å². The summed E-state index contributed by atoms with van der Waals surface area (Å²) in [5, 5.41) is 24.3. The number of nitrogen functional groups attached to an aromatic ring is 1. The largest absolute Gasteiger partial charge is 0.477 e. The minimum absolute atomic E-state index is 0.0000345. The minimum Gasteiger partial charge on any atom is -0.477 e. The lowest BCUT2D eigenvalue weighted by molar-refractivity contribution is -0.150. The maximum Gasteiger partial charge on any atom is 0.352 e. The van der Waals surface area contributed by atoms with E-state index in [9.17, 15) is 33.9 Å². The molecule has 0 aliphatic carbocycles. The Morgan fingerprint density at radius 2 is 2.18 bits per heavy atom. The normalized spacial score (nSPS) is 19.1. The van der Waals surface area contributed by atoms with E-state index < -0.39 is 46.9 Å². The number of nitrogens with one attached hydrogen (secondary N) is 2. The highest BCUT2D eigenvalue weighted by Crippen LogP contribution is 2.41. The highest BCUT2D eigenvalue weighted by atomic mass is 32.2. The molecule has 204 valence electrons. The summed E-state index contributed by atoms with van der Waals surface area (Å²) in [6.45, 7) is -0.394. The number of allylic oxidation sites excluding steroid dienone is 1. The number of nitrogens with zero attached hydrogens (tertiary/aromatic N) is 5. The minimum atomic E-state index is -1.36. The summed E-state index contributed by atoms with van der Waals surface area (Å²) in [6.07, 6.45) is 1.86. The predicted molar refractivity (Wildman–Crippen MR) is 140 cm³/mol. The van der Waals surface area contributed by atoms with Crippen molar-refractivity contribution in [2.24, 2.45) is 5.16 Å². The monoisotopic (exact) mass is 594 g/mol. The third kappa shape index (κ3) is 5.49. The standard InChI is InChI=1S/C20H18N8O8S3/c1-36-26-10(9-7-39-19(21)22-9)13(30)23-11-15(32)28-12(18(34)35)8(6-38-17(11)28)2-5-37-20-25-24-14(31)16(33)27(20)3-4-29/h2,4-5,7,11,17H,3,6H2,1H3,(H2,21,22)(H,23,30)(H,24,31)(H,34,35)/b5-2+,26-10-. The lowest BCUT2D eigenvalue weighted by atomic mass is 10.0. The van der Waals surface area contributed by atoms with Gasteiger partial charge in [0.15, 0.2) is 16.0 Å². The van der Waals surface area contributed by atoms with E-state index in [0.717, 1.165) is 32.6 Å². The van der Waals surface area contributed by atoms with E-state index in [4.69, 9.17) is 10.6 Å². The van der Waals surface area contributed by atoms with Crippen LogP contribution in [-0.4, -0.2) is 83.8 Å². The first-order valence-electron chi connectivity index (χ1n) is 10.7. The number of anilines is 1. The Morgan fingerprint density at radius 3 is 2.82 bits per heavy atom. The molecular weight excluding hydrogens is 576 g/mol. The number of oxime groups is 1. The summed E-state index contributed by atoms with van der Waals surface area (Å²) in [5.74, 6) is -2.59. The number of rotatable bonds is 10. The number of hydrogen-bond acceptors (Lipinski definition) is 14. The number of fused-ring (bicyclic) bond motifs is 1. The third-order valence-corrected chi connectivity index (χ3v) is 8.04. The zero-order chi connectivity index (χ0) is 28.3. The van der Waals surface area contributed by atoms with Gasteiger partial charge in [-0.3, -0.25) is 28.6 Å². The Balaban J connectivity index is 1.52. The fourth-order valence-corrected chi connectivity index (χ4v) is 6.19. The van der Waals surface area contributed by atoms with Crippen LogP contribution in [-0.2, 0) is 30.6 Å². The fourth-order valence-electron chi connectivity index (χ4n) is 3.59. The molecule has 2 aromatic heterocycles. The highest BCUT2D eigenvalue weighted by Gasteiger charge is 2.54. The van der Waals surface area contributed by atoms with Crippen molar-refractivity contribution in [1.82, 2.24) is 30.0 Å². The van der Waals surface area contributed by atoms with Gasteiger partial charge in [-0.05, 0) is 17.1 Å². The SMILES string of the molecule is CO/N=C(\C(=O)NC1C(=O)N2C(C(=O)O)=C(/C=C/Sc3n[nH]c(=O)c(=O)n3CC=O)CSC12)c1csc(N)n1. The summed E-state index contributed by atoms with van der Waals surface area (Å²) >= 11 is 3.17. The van der Waals surface area contributed by atoms with Crippen molar-refractivity contribution in [1.29, 1.82) is 0 Å². The first-order valence-corrected chi connectivity index (χ1v) is 13.5. The smallest absolute Gasteiger partial charge is 0.352 e. The zero-order valence-electron chi connectivity index (χ0n) is 19.7. The van der Waals surface area contributed by atoms with Gasteiger partial charge in [0.25, 0.3) is 11.8 Å². The number of aromatic nitrogens is 4. The quantitative estimate of drug-likeness (QED) is 0.0617. The van der Waals surface area contributed by atoms with Crippen LogP contribution in [0.4, 0.5) is 5.13 Å². The number of carboxylic acids is 1. The second kappa shape index (κ2) is 11.7. The summed E-state index contributed by atoms with van der Waals surface area (Å²) in [7, 11) is 1.24. The van der Waals surface area contributed by atoms with Crippen LogP contribution >= 0.6 is 34.9 Å². The van der Waals surface area contributed by atoms with Crippen molar-refractivity contribution >= 4 is 69.8 Å².